The lowest BCUT2D eigenvalue weighted by Gasteiger charge is -2.17. The molecule has 2 amide bonds. The largest absolute Gasteiger partial charge is 0.481 e. The number of nitrogen functional groups attached to an aromatic ring is 1. The Labute approximate surface area is 246 Å². The van der Waals surface area contributed by atoms with Crippen LogP contribution in [0.3, 0.4) is 0 Å². The predicted molar refractivity (Wildman–Crippen MR) is 153 cm³/mol. The molecule has 1 unspecified atom stereocenters. The number of fused-ring (bicyclic) bond motifs is 1. The molecule has 0 radical (unpaired) electrons. The summed E-state index contributed by atoms with van der Waals surface area (Å²) >= 11 is 1.47. The highest BCUT2D eigenvalue weighted by molar-refractivity contribution is 7.99. The van der Waals surface area contributed by atoms with Crippen LogP contribution < -0.4 is 21.9 Å². The first-order valence-corrected chi connectivity index (χ1v) is 13.7. The minimum Gasteiger partial charge on any atom is -0.481 e. The molecule has 3 aromatic rings. The zero-order valence-electron chi connectivity index (χ0n) is 22.6. The van der Waals surface area contributed by atoms with Crippen LogP contribution in [0, 0.1) is 0 Å². The monoisotopic (exact) mass is 616 g/mol. The number of nitrogens with zero attached hydrogens (tertiary/aromatic N) is 4. The number of aliphatic carboxylic acids is 3. The van der Waals surface area contributed by atoms with Crippen LogP contribution in [0.25, 0.3) is 11.2 Å². The first-order chi connectivity index (χ1) is 20.3. The van der Waals surface area contributed by atoms with Crippen molar-refractivity contribution < 1.29 is 39.3 Å². The number of anilines is 2. The van der Waals surface area contributed by atoms with Crippen LogP contribution in [0.4, 0.5) is 11.6 Å². The fourth-order valence-corrected chi connectivity index (χ4v) is 4.92. The highest BCUT2D eigenvalue weighted by Gasteiger charge is 2.32. The van der Waals surface area contributed by atoms with E-state index in [0.29, 0.717) is 23.0 Å². The molecule has 8 N–H and O–H groups in total. The first-order valence-electron chi connectivity index (χ1n) is 12.5. The Morgan fingerprint density at radius 3 is 2.42 bits per heavy atom. The van der Waals surface area contributed by atoms with E-state index in [-0.39, 0.29) is 48.0 Å². The predicted octanol–water partition coefficient (Wildman–Crippen LogP) is -0.0524. The van der Waals surface area contributed by atoms with Crippen molar-refractivity contribution >= 4 is 64.3 Å². The molecule has 0 bridgehead atoms. The second kappa shape index (κ2) is 14.6. The van der Waals surface area contributed by atoms with Gasteiger partial charge in [0.25, 0.3) is 11.5 Å². The van der Waals surface area contributed by atoms with Gasteiger partial charge in [-0.3, -0.25) is 24.2 Å². The van der Waals surface area contributed by atoms with E-state index in [9.17, 15) is 28.8 Å². The van der Waals surface area contributed by atoms with Gasteiger partial charge >= 0.3 is 17.9 Å². The summed E-state index contributed by atoms with van der Waals surface area (Å²) in [5.74, 6) is -3.22. The molecule has 17 nitrogen and oxygen atoms in total. The van der Waals surface area contributed by atoms with Crippen molar-refractivity contribution in [1.29, 1.82) is 0 Å². The van der Waals surface area contributed by atoms with Gasteiger partial charge in [-0.2, -0.15) is 4.98 Å². The number of aromatic amines is 1. The van der Waals surface area contributed by atoms with Crippen molar-refractivity contribution in [3.8, 4) is 0 Å². The number of nitrogens with one attached hydrogen (secondary N) is 3. The maximum Gasteiger partial charge on any atom is 0.327 e. The number of carbonyl (C=O) groups excluding carboxylic acids is 2. The molecular formula is C25H28N8O9S. The van der Waals surface area contributed by atoms with Crippen LogP contribution in [0.1, 0.15) is 35.8 Å². The summed E-state index contributed by atoms with van der Waals surface area (Å²) in [5, 5.41) is 31.8. The van der Waals surface area contributed by atoms with E-state index < -0.39 is 41.5 Å². The number of nitrogens with two attached hydrogens (primary N) is 1. The van der Waals surface area contributed by atoms with Gasteiger partial charge in [0.15, 0.2) is 11.2 Å². The molecule has 0 aliphatic carbocycles. The third-order valence-corrected chi connectivity index (χ3v) is 6.94. The fourth-order valence-electron chi connectivity index (χ4n) is 3.71. The maximum atomic E-state index is 12.3. The summed E-state index contributed by atoms with van der Waals surface area (Å²) in [6.07, 6.45) is 0.840. The van der Waals surface area contributed by atoms with E-state index in [2.05, 4.69) is 30.6 Å². The molecule has 18 heteroatoms. The average molecular weight is 617 g/mol. The van der Waals surface area contributed by atoms with E-state index in [1.165, 1.54) is 41.9 Å². The molecule has 228 valence electrons. The van der Waals surface area contributed by atoms with Gasteiger partial charge in [0, 0.05) is 30.3 Å². The molecule has 1 aliphatic rings. The summed E-state index contributed by atoms with van der Waals surface area (Å²) in [6, 6.07) is 4.25. The smallest absolute Gasteiger partial charge is 0.327 e. The quantitative estimate of drug-likeness (QED) is 0.157. The summed E-state index contributed by atoms with van der Waals surface area (Å²) in [5.41, 5.74) is 6.47. The number of hydrogen-bond acceptors (Lipinski definition) is 12. The summed E-state index contributed by atoms with van der Waals surface area (Å²) in [4.78, 5) is 83.2. The molecule has 1 saturated heterocycles. The van der Waals surface area contributed by atoms with E-state index in [1.807, 2.05) is 0 Å². The van der Waals surface area contributed by atoms with E-state index in [1.54, 1.807) is 12.1 Å². The fraction of sp³-hybridized carbons (Fsp3) is 0.320. The number of carboxylic acid groups (broad SMARTS) is 3. The Kier molecular flexibility index (Phi) is 10.9. The zero-order valence-corrected chi connectivity index (χ0v) is 23.5. The number of rotatable bonds is 10. The number of thioether (sulfide) groups is 1. The molecule has 1 aliphatic heterocycles. The third-order valence-electron chi connectivity index (χ3n) is 5.93. The van der Waals surface area contributed by atoms with Gasteiger partial charge in [0.05, 0.1) is 24.3 Å². The zero-order chi connectivity index (χ0) is 31.7. The number of carbonyl (C=O) groups is 5. The third kappa shape index (κ3) is 9.12. The Morgan fingerprint density at radius 1 is 1.14 bits per heavy atom. The highest BCUT2D eigenvalue weighted by Crippen LogP contribution is 2.20. The molecule has 0 spiro atoms. The van der Waals surface area contributed by atoms with E-state index in [4.69, 9.17) is 21.1 Å². The number of carboxylic acids is 3. The topological polar surface area (TPSA) is 271 Å². The lowest BCUT2D eigenvalue weighted by atomic mass is 10.1. The van der Waals surface area contributed by atoms with Crippen molar-refractivity contribution in [2.45, 2.75) is 38.4 Å². The average Bonchev–Trinajstić information content (AvgIpc) is 3.46. The summed E-state index contributed by atoms with van der Waals surface area (Å²) < 4.78 is 0. The Hall–Kier alpha value is -5.26. The summed E-state index contributed by atoms with van der Waals surface area (Å²) in [6.45, 7) is 1.62. The molecule has 2 aromatic heterocycles. The standard InChI is InChI=1S/C19H19N7O6.C6H9NO3S/c20-19-25-15-14(17(30)26-19)23-11(8-22-15)7-21-10-3-1-9(2-4-10)16(29)24-12(18(31)32)5-6-13(27)28;1-4(8)7-3-11-2-5(7)6(9)10/h1-4,8,12,21H,5-7H2,(H,24,29)(H,27,28)(H,31,32)(H3,20,22,25,26,30);5H,2-3H2,1H3,(H,9,10)/t12-;/m0./s1. The molecule has 3 heterocycles. The lowest BCUT2D eigenvalue weighted by molar-refractivity contribution is -0.147. The van der Waals surface area contributed by atoms with Crippen LogP contribution in [-0.2, 0) is 25.7 Å². The first kappa shape index (κ1) is 32.3. The molecule has 43 heavy (non-hydrogen) atoms. The molecule has 0 saturated carbocycles. The van der Waals surface area contributed by atoms with Crippen molar-refractivity contribution in [1.82, 2.24) is 30.2 Å². The number of hydrogen-bond donors (Lipinski definition) is 7. The SMILES string of the molecule is CC(=O)N1CSCC1C(=O)O.Nc1nc2ncc(CNc3ccc(C(=O)N[C@@H](CCC(=O)O)C(=O)O)cc3)nc2c(=O)[nH]1. The van der Waals surface area contributed by atoms with Crippen molar-refractivity contribution in [2.75, 3.05) is 22.7 Å². The van der Waals surface area contributed by atoms with Gasteiger partial charge in [-0.25, -0.2) is 19.6 Å². The van der Waals surface area contributed by atoms with Crippen molar-refractivity contribution in [2.24, 2.45) is 0 Å². The summed E-state index contributed by atoms with van der Waals surface area (Å²) in [7, 11) is 0. The van der Waals surface area contributed by atoms with E-state index in [0.717, 1.165) is 0 Å². The van der Waals surface area contributed by atoms with Crippen LogP contribution in [0.15, 0.2) is 35.3 Å². The van der Waals surface area contributed by atoms with Gasteiger partial charge in [-0.15, -0.1) is 11.8 Å². The molecule has 4 rings (SSSR count). The highest BCUT2D eigenvalue weighted by atomic mass is 32.2. The number of H-pyrrole nitrogens is 1. The molecule has 1 aromatic carbocycles. The van der Waals surface area contributed by atoms with Crippen molar-refractivity contribution in [3.63, 3.8) is 0 Å². The molecule has 2 atom stereocenters. The van der Waals surface area contributed by atoms with Gasteiger partial charge in [0.1, 0.15) is 12.1 Å². The maximum absolute atomic E-state index is 12.3. The number of benzene rings is 1. The van der Waals surface area contributed by atoms with Gasteiger partial charge < -0.3 is 36.6 Å². The van der Waals surface area contributed by atoms with Gasteiger partial charge in [-0.05, 0) is 30.7 Å². The second-order valence-corrected chi connectivity index (χ2v) is 10.1. The Morgan fingerprint density at radius 2 is 1.84 bits per heavy atom. The van der Waals surface area contributed by atoms with Gasteiger partial charge in [-0.1, -0.05) is 0 Å². The van der Waals surface area contributed by atoms with Gasteiger partial charge in [0.2, 0.25) is 11.9 Å². The molecule has 1 fully saturated rings. The molecular weight excluding hydrogens is 588 g/mol. The van der Waals surface area contributed by atoms with Crippen LogP contribution in [0.2, 0.25) is 0 Å². The van der Waals surface area contributed by atoms with Crippen LogP contribution in [0.5, 0.6) is 0 Å². The number of amides is 2. The van der Waals surface area contributed by atoms with E-state index >= 15 is 0 Å². The minimum atomic E-state index is -1.31. The number of aromatic nitrogens is 4. The lowest BCUT2D eigenvalue weighted by Crippen LogP contribution is -2.41. The second-order valence-electron chi connectivity index (χ2n) is 9.06. The van der Waals surface area contributed by atoms with Crippen molar-refractivity contribution in [3.05, 3.63) is 52.1 Å². The Balaban J connectivity index is 0.000000386. The normalized spacial score (nSPS) is 14.7. The minimum absolute atomic E-state index is 0.0524. The van der Waals surface area contributed by atoms with Crippen LogP contribution >= 0.6 is 11.8 Å². The van der Waals surface area contributed by atoms with Crippen LogP contribution in [-0.4, -0.2) is 93.6 Å². The Bertz CT molecular complexity index is 1560.